The summed E-state index contributed by atoms with van der Waals surface area (Å²) in [6.07, 6.45) is 5.98. The van der Waals surface area contributed by atoms with E-state index in [9.17, 15) is 9.59 Å². The average molecular weight is 387 g/mol. The Hall–Kier alpha value is -3.18. The van der Waals surface area contributed by atoms with Crippen LogP contribution in [0.3, 0.4) is 0 Å². The van der Waals surface area contributed by atoms with Crippen molar-refractivity contribution in [1.82, 2.24) is 14.4 Å². The summed E-state index contributed by atoms with van der Waals surface area (Å²) in [7, 11) is 1.70. The van der Waals surface area contributed by atoms with Crippen LogP contribution < -0.4 is 5.56 Å². The van der Waals surface area contributed by atoms with E-state index in [0.717, 1.165) is 25.0 Å². The first kappa shape index (κ1) is 19.2. The van der Waals surface area contributed by atoms with Gasteiger partial charge in [-0.1, -0.05) is 60.7 Å². The maximum absolute atomic E-state index is 13.2. The van der Waals surface area contributed by atoms with Crippen LogP contribution in [0.15, 0.2) is 71.7 Å². The molecule has 5 heteroatoms. The molecule has 29 heavy (non-hydrogen) atoms. The summed E-state index contributed by atoms with van der Waals surface area (Å²) < 4.78 is 1.50. The number of carbonyl (C=O) groups is 1. The van der Waals surface area contributed by atoms with Crippen LogP contribution in [-0.2, 0) is 7.05 Å². The summed E-state index contributed by atoms with van der Waals surface area (Å²) >= 11 is 0. The minimum Gasteiger partial charge on any atom is -0.336 e. The zero-order valence-corrected chi connectivity index (χ0v) is 16.6. The third-order valence-corrected chi connectivity index (χ3v) is 5.45. The van der Waals surface area contributed by atoms with E-state index in [0.29, 0.717) is 24.0 Å². The maximum atomic E-state index is 13.2. The lowest BCUT2D eigenvalue weighted by Crippen LogP contribution is -2.48. The highest BCUT2D eigenvalue weighted by Gasteiger charge is 2.23. The molecule has 5 nitrogen and oxygen atoms in total. The van der Waals surface area contributed by atoms with E-state index in [1.54, 1.807) is 19.3 Å². The molecule has 1 aliphatic rings. The van der Waals surface area contributed by atoms with E-state index in [1.165, 1.54) is 10.1 Å². The third-order valence-electron chi connectivity index (χ3n) is 5.45. The number of aryl methyl sites for hydroxylation is 1. The van der Waals surface area contributed by atoms with Crippen molar-refractivity contribution in [3.63, 3.8) is 0 Å². The Labute approximate surface area is 170 Å². The second-order valence-corrected chi connectivity index (χ2v) is 7.41. The summed E-state index contributed by atoms with van der Waals surface area (Å²) in [4.78, 5) is 29.8. The molecule has 0 radical (unpaired) electrons. The van der Waals surface area contributed by atoms with Crippen LogP contribution >= 0.6 is 0 Å². The number of carbonyl (C=O) groups excluding carboxylic acids is 1. The number of fused-ring (bicyclic) bond motifs is 1. The molecule has 0 bridgehead atoms. The number of nitrogens with zero attached hydrogens (tertiary/aromatic N) is 3. The van der Waals surface area contributed by atoms with Crippen molar-refractivity contribution in [3.8, 4) is 0 Å². The van der Waals surface area contributed by atoms with E-state index < -0.39 is 0 Å². The van der Waals surface area contributed by atoms with E-state index in [-0.39, 0.29) is 11.5 Å². The van der Waals surface area contributed by atoms with Gasteiger partial charge in [0, 0.05) is 56.7 Å². The number of amides is 1. The average Bonchev–Trinajstić information content (AvgIpc) is 2.77. The summed E-state index contributed by atoms with van der Waals surface area (Å²) in [5.41, 5.74) is 1.72. The molecule has 1 fully saturated rings. The minimum absolute atomic E-state index is 0.00345. The Morgan fingerprint density at radius 3 is 2.31 bits per heavy atom. The Balaban J connectivity index is 1.42. The molecule has 1 aromatic heterocycles. The number of pyridine rings is 1. The molecular formula is C24H25N3O2. The van der Waals surface area contributed by atoms with Crippen molar-refractivity contribution >= 4 is 22.8 Å². The van der Waals surface area contributed by atoms with Gasteiger partial charge in [-0.2, -0.15) is 0 Å². The van der Waals surface area contributed by atoms with Crippen LogP contribution in [0.4, 0.5) is 0 Å². The predicted molar refractivity (Wildman–Crippen MR) is 117 cm³/mol. The molecule has 148 valence electrons. The smallest absolute Gasteiger partial charge is 0.258 e. The lowest BCUT2D eigenvalue weighted by Gasteiger charge is -2.34. The van der Waals surface area contributed by atoms with Crippen molar-refractivity contribution in [1.29, 1.82) is 0 Å². The fourth-order valence-corrected chi connectivity index (χ4v) is 3.79. The van der Waals surface area contributed by atoms with Crippen molar-refractivity contribution in [3.05, 3.63) is 88.4 Å². The molecule has 4 rings (SSSR count). The van der Waals surface area contributed by atoms with Gasteiger partial charge in [-0.15, -0.1) is 0 Å². The second-order valence-electron chi connectivity index (χ2n) is 7.41. The standard InChI is InChI=1S/C24H25N3O2/c1-25-18-22(20-11-5-6-12-21(20)23(25)28)24(29)27-16-14-26(15-17-27)13-7-10-19-8-3-2-4-9-19/h2-12,18H,13-17H2,1H3/b10-7+. The summed E-state index contributed by atoms with van der Waals surface area (Å²) in [6.45, 7) is 3.94. The van der Waals surface area contributed by atoms with Crippen LogP contribution in [0.25, 0.3) is 16.8 Å². The normalized spacial score (nSPS) is 15.3. The van der Waals surface area contributed by atoms with Crippen molar-refractivity contribution < 1.29 is 4.79 Å². The molecule has 2 heterocycles. The molecule has 2 aromatic carbocycles. The summed E-state index contributed by atoms with van der Waals surface area (Å²) in [5.74, 6) is -0.00345. The molecule has 0 N–H and O–H groups in total. The number of rotatable bonds is 4. The van der Waals surface area contributed by atoms with Crippen molar-refractivity contribution in [2.75, 3.05) is 32.7 Å². The third kappa shape index (κ3) is 4.15. The van der Waals surface area contributed by atoms with Crippen LogP contribution in [0, 0.1) is 0 Å². The fraction of sp³-hybridized carbons (Fsp3) is 0.250. The molecule has 0 unspecified atom stereocenters. The zero-order valence-electron chi connectivity index (χ0n) is 16.6. The molecule has 0 spiro atoms. The van der Waals surface area contributed by atoms with Gasteiger partial charge in [0.1, 0.15) is 0 Å². The van der Waals surface area contributed by atoms with E-state index >= 15 is 0 Å². The predicted octanol–water partition coefficient (Wildman–Crippen LogP) is 3.01. The van der Waals surface area contributed by atoms with Gasteiger partial charge in [0.2, 0.25) is 0 Å². The first-order valence-corrected chi connectivity index (χ1v) is 9.95. The summed E-state index contributed by atoms with van der Waals surface area (Å²) in [5, 5.41) is 1.32. The van der Waals surface area contributed by atoms with Gasteiger partial charge >= 0.3 is 0 Å². The van der Waals surface area contributed by atoms with Gasteiger partial charge in [0.05, 0.1) is 5.56 Å². The highest BCUT2D eigenvalue weighted by atomic mass is 16.2. The van der Waals surface area contributed by atoms with Crippen LogP contribution in [0.2, 0.25) is 0 Å². The topological polar surface area (TPSA) is 45.6 Å². The zero-order chi connectivity index (χ0) is 20.2. The molecule has 1 saturated heterocycles. The lowest BCUT2D eigenvalue weighted by molar-refractivity contribution is 0.0651. The molecular weight excluding hydrogens is 362 g/mol. The van der Waals surface area contributed by atoms with Crippen molar-refractivity contribution in [2.45, 2.75) is 0 Å². The lowest BCUT2D eigenvalue weighted by atomic mass is 10.1. The number of hydrogen-bond donors (Lipinski definition) is 0. The largest absolute Gasteiger partial charge is 0.336 e. The highest BCUT2D eigenvalue weighted by Crippen LogP contribution is 2.18. The Morgan fingerprint density at radius 2 is 1.59 bits per heavy atom. The monoisotopic (exact) mass is 387 g/mol. The van der Waals surface area contributed by atoms with Gasteiger partial charge in [-0.25, -0.2) is 0 Å². The molecule has 0 aliphatic carbocycles. The second kappa shape index (κ2) is 8.45. The number of benzene rings is 2. The number of hydrogen-bond acceptors (Lipinski definition) is 3. The molecule has 0 saturated carbocycles. The van der Waals surface area contributed by atoms with Gasteiger partial charge in [-0.05, 0) is 11.6 Å². The van der Waals surface area contributed by atoms with Gasteiger partial charge in [-0.3, -0.25) is 14.5 Å². The Kier molecular flexibility index (Phi) is 5.58. The first-order chi connectivity index (χ1) is 14.1. The van der Waals surface area contributed by atoms with E-state index in [1.807, 2.05) is 41.3 Å². The minimum atomic E-state index is -0.0767. The van der Waals surface area contributed by atoms with Crippen molar-refractivity contribution in [2.24, 2.45) is 7.05 Å². The number of aromatic nitrogens is 1. The van der Waals surface area contributed by atoms with E-state index in [2.05, 4.69) is 29.2 Å². The summed E-state index contributed by atoms with van der Waals surface area (Å²) in [6, 6.07) is 17.6. The Bertz CT molecular complexity index is 1090. The molecule has 1 amide bonds. The van der Waals surface area contributed by atoms with Gasteiger partial charge < -0.3 is 9.47 Å². The highest BCUT2D eigenvalue weighted by molar-refractivity contribution is 6.06. The molecule has 1 aliphatic heterocycles. The maximum Gasteiger partial charge on any atom is 0.258 e. The van der Waals surface area contributed by atoms with Gasteiger partial charge in [0.25, 0.3) is 11.5 Å². The van der Waals surface area contributed by atoms with Gasteiger partial charge in [0.15, 0.2) is 0 Å². The fourth-order valence-electron chi connectivity index (χ4n) is 3.79. The first-order valence-electron chi connectivity index (χ1n) is 9.95. The quantitative estimate of drug-likeness (QED) is 0.691. The molecule has 3 aromatic rings. The molecule has 0 atom stereocenters. The Morgan fingerprint density at radius 1 is 0.931 bits per heavy atom. The van der Waals surface area contributed by atoms with Crippen LogP contribution in [0.1, 0.15) is 15.9 Å². The van der Waals surface area contributed by atoms with Crippen LogP contribution in [-0.4, -0.2) is 53.0 Å². The van der Waals surface area contributed by atoms with Crippen LogP contribution in [0.5, 0.6) is 0 Å². The SMILES string of the molecule is Cn1cc(C(=O)N2CCN(C/C=C/c3ccccc3)CC2)c2ccccc2c1=O. The number of piperazine rings is 1. The van der Waals surface area contributed by atoms with E-state index in [4.69, 9.17) is 0 Å².